The average molecular weight is 556 g/mol. The van der Waals surface area contributed by atoms with E-state index in [1.165, 1.54) is 4.52 Å². The van der Waals surface area contributed by atoms with Crippen LogP contribution in [0.2, 0.25) is 0 Å². The number of hydrogen-bond acceptors (Lipinski definition) is 7. The SMILES string of the molecule is Cc1nonc1C(=O)NC(c1cn2nc(CC3C[C@@H](C(F)(F)F)CNC3=O)ccc2n1)C1CCC(F)(F)CC1. The summed E-state index contributed by atoms with van der Waals surface area (Å²) < 4.78 is 73.3. The molecule has 3 aromatic rings. The molecule has 0 radical (unpaired) electrons. The van der Waals surface area contributed by atoms with Gasteiger partial charge in [-0.15, -0.1) is 0 Å². The predicted octanol–water partition coefficient (Wildman–Crippen LogP) is 3.57. The van der Waals surface area contributed by atoms with Crippen LogP contribution in [0.15, 0.2) is 23.0 Å². The smallest absolute Gasteiger partial charge is 0.355 e. The third-order valence-electron chi connectivity index (χ3n) is 7.48. The van der Waals surface area contributed by atoms with Crippen LogP contribution in [0.3, 0.4) is 0 Å². The number of hydrogen-bond donors (Lipinski definition) is 2. The lowest BCUT2D eigenvalue weighted by Crippen LogP contribution is -2.47. The van der Waals surface area contributed by atoms with E-state index in [4.69, 9.17) is 0 Å². The van der Waals surface area contributed by atoms with Gasteiger partial charge in [0.25, 0.3) is 5.91 Å². The van der Waals surface area contributed by atoms with E-state index in [2.05, 4.69) is 35.7 Å². The summed E-state index contributed by atoms with van der Waals surface area (Å²) in [4.78, 5) is 29.7. The van der Waals surface area contributed by atoms with E-state index >= 15 is 0 Å². The number of rotatable bonds is 6. The zero-order chi connectivity index (χ0) is 27.9. The molecule has 3 atom stereocenters. The highest BCUT2D eigenvalue weighted by atomic mass is 19.4. The van der Waals surface area contributed by atoms with Gasteiger partial charge < -0.3 is 10.6 Å². The molecule has 4 heterocycles. The number of aryl methyl sites for hydroxylation is 1. The molecule has 5 rings (SSSR count). The van der Waals surface area contributed by atoms with Crippen molar-refractivity contribution < 1.29 is 36.2 Å². The Morgan fingerprint density at radius 2 is 2.00 bits per heavy atom. The Morgan fingerprint density at radius 1 is 1.26 bits per heavy atom. The molecule has 1 saturated heterocycles. The number of fused-ring (bicyclic) bond motifs is 1. The van der Waals surface area contributed by atoms with Crippen LogP contribution in [-0.2, 0) is 11.2 Å². The fourth-order valence-electron chi connectivity index (χ4n) is 5.25. The van der Waals surface area contributed by atoms with Gasteiger partial charge in [0.15, 0.2) is 11.3 Å². The van der Waals surface area contributed by atoms with Crippen molar-refractivity contribution in [2.24, 2.45) is 17.8 Å². The van der Waals surface area contributed by atoms with Crippen molar-refractivity contribution in [3.05, 3.63) is 41.1 Å². The topological polar surface area (TPSA) is 127 Å². The molecule has 210 valence electrons. The molecule has 39 heavy (non-hydrogen) atoms. The van der Waals surface area contributed by atoms with Gasteiger partial charge in [0, 0.05) is 31.7 Å². The third kappa shape index (κ3) is 5.86. The van der Waals surface area contributed by atoms with Gasteiger partial charge >= 0.3 is 6.18 Å². The first-order chi connectivity index (χ1) is 18.4. The number of carbonyl (C=O) groups excluding carboxylic acids is 2. The number of nitrogens with zero attached hydrogens (tertiary/aromatic N) is 5. The molecule has 2 unspecified atom stereocenters. The second-order valence-corrected chi connectivity index (χ2v) is 10.3. The second kappa shape index (κ2) is 10.2. The molecule has 2 N–H and O–H groups in total. The third-order valence-corrected chi connectivity index (χ3v) is 7.48. The van der Waals surface area contributed by atoms with Crippen molar-refractivity contribution in [2.75, 3.05) is 6.54 Å². The van der Waals surface area contributed by atoms with Crippen LogP contribution in [0.1, 0.15) is 65.7 Å². The van der Waals surface area contributed by atoms with Gasteiger partial charge in [0.2, 0.25) is 11.8 Å². The first-order valence-electron chi connectivity index (χ1n) is 12.6. The first-order valence-corrected chi connectivity index (χ1v) is 12.6. The van der Waals surface area contributed by atoms with Crippen molar-refractivity contribution in [2.45, 2.75) is 63.6 Å². The second-order valence-electron chi connectivity index (χ2n) is 10.3. The predicted molar refractivity (Wildman–Crippen MR) is 123 cm³/mol. The summed E-state index contributed by atoms with van der Waals surface area (Å²) in [5.41, 5.74) is 1.38. The maximum absolute atomic E-state index is 13.9. The lowest BCUT2D eigenvalue weighted by Gasteiger charge is -2.33. The summed E-state index contributed by atoms with van der Waals surface area (Å²) in [6.07, 6.45) is -3.55. The molecule has 0 spiro atoms. The van der Waals surface area contributed by atoms with Gasteiger partial charge in [-0.2, -0.15) is 18.3 Å². The van der Waals surface area contributed by atoms with Crippen molar-refractivity contribution >= 4 is 17.5 Å². The van der Waals surface area contributed by atoms with E-state index in [0.717, 1.165) is 0 Å². The molecular formula is C24H26F5N7O3. The lowest BCUT2D eigenvalue weighted by molar-refractivity contribution is -0.183. The maximum Gasteiger partial charge on any atom is 0.393 e. The Labute approximate surface area is 218 Å². The van der Waals surface area contributed by atoms with Gasteiger partial charge in [-0.25, -0.2) is 22.9 Å². The van der Waals surface area contributed by atoms with Gasteiger partial charge in [-0.1, -0.05) is 5.16 Å². The summed E-state index contributed by atoms with van der Waals surface area (Å²) in [5.74, 6) is -6.69. The number of amides is 2. The molecule has 1 saturated carbocycles. The molecule has 10 nitrogen and oxygen atoms in total. The van der Waals surface area contributed by atoms with Gasteiger partial charge in [-0.3, -0.25) is 9.59 Å². The molecule has 15 heteroatoms. The van der Waals surface area contributed by atoms with Gasteiger partial charge in [0.05, 0.1) is 29.5 Å². The Kier molecular flexibility index (Phi) is 7.01. The molecular weight excluding hydrogens is 529 g/mol. The molecule has 0 bridgehead atoms. The molecule has 1 aliphatic heterocycles. The summed E-state index contributed by atoms with van der Waals surface area (Å²) in [7, 11) is 0. The minimum atomic E-state index is -4.41. The van der Waals surface area contributed by atoms with E-state index in [1.807, 2.05) is 0 Å². The highest BCUT2D eigenvalue weighted by Crippen LogP contribution is 2.41. The summed E-state index contributed by atoms with van der Waals surface area (Å²) in [6.45, 7) is 1.10. The van der Waals surface area contributed by atoms with Crippen LogP contribution < -0.4 is 10.6 Å². The van der Waals surface area contributed by atoms with E-state index in [9.17, 15) is 31.5 Å². The number of imidazole rings is 1. The Morgan fingerprint density at radius 3 is 2.67 bits per heavy atom. The summed E-state index contributed by atoms with van der Waals surface area (Å²) in [5, 5.41) is 16.8. The number of halogens is 5. The van der Waals surface area contributed by atoms with E-state index in [1.54, 1.807) is 25.3 Å². The summed E-state index contributed by atoms with van der Waals surface area (Å²) in [6, 6.07) is 2.44. The van der Waals surface area contributed by atoms with Crippen LogP contribution in [0, 0.1) is 24.7 Å². The van der Waals surface area contributed by atoms with E-state index in [-0.39, 0.29) is 55.8 Å². The van der Waals surface area contributed by atoms with Crippen LogP contribution >= 0.6 is 0 Å². The highest BCUT2D eigenvalue weighted by Gasteiger charge is 2.45. The number of piperidine rings is 1. The number of alkyl halides is 5. The van der Waals surface area contributed by atoms with Crippen LogP contribution in [-0.4, -0.2) is 55.4 Å². The standard InChI is InChI=1S/C24H26F5N7O3/c1-12-19(35-39-34-12)22(38)32-20(13-4-6-23(25,26)7-5-13)17-11-36-18(31-17)3-2-16(33-36)9-14-8-15(24(27,28)29)10-30-21(14)37/h2-3,11,13-15,20H,4-10H2,1H3,(H,30,37)(H,32,38)/t14?,15-,20?/m1/s1. The normalized spacial score (nSPS) is 23.0. The van der Waals surface area contributed by atoms with Gasteiger partial charge in [0.1, 0.15) is 5.69 Å². The van der Waals surface area contributed by atoms with Crippen LogP contribution in [0.25, 0.3) is 5.65 Å². The van der Waals surface area contributed by atoms with E-state index < -0.39 is 48.3 Å². The molecule has 2 aliphatic rings. The lowest BCUT2D eigenvalue weighted by atomic mass is 9.81. The zero-order valence-corrected chi connectivity index (χ0v) is 20.8. The highest BCUT2D eigenvalue weighted by molar-refractivity contribution is 5.93. The van der Waals surface area contributed by atoms with Crippen molar-refractivity contribution in [3.63, 3.8) is 0 Å². The Balaban J connectivity index is 1.39. The number of nitrogens with one attached hydrogen (secondary N) is 2. The van der Waals surface area contributed by atoms with Crippen LogP contribution in [0.4, 0.5) is 22.0 Å². The largest absolute Gasteiger partial charge is 0.393 e. The monoisotopic (exact) mass is 555 g/mol. The number of carbonyl (C=O) groups is 2. The van der Waals surface area contributed by atoms with E-state index in [0.29, 0.717) is 17.0 Å². The minimum Gasteiger partial charge on any atom is -0.355 e. The van der Waals surface area contributed by atoms with Crippen molar-refractivity contribution in [1.82, 2.24) is 35.5 Å². The fraction of sp³-hybridized carbons (Fsp3) is 0.583. The summed E-state index contributed by atoms with van der Waals surface area (Å²) >= 11 is 0. The fourth-order valence-corrected chi connectivity index (χ4v) is 5.25. The minimum absolute atomic E-state index is 0.00181. The molecule has 3 aromatic heterocycles. The van der Waals surface area contributed by atoms with Crippen molar-refractivity contribution in [1.29, 1.82) is 0 Å². The van der Waals surface area contributed by atoms with Crippen molar-refractivity contribution in [3.8, 4) is 0 Å². The van der Waals surface area contributed by atoms with Gasteiger partial charge in [-0.05, 0) is 49.4 Å². The number of aromatic nitrogens is 5. The molecule has 1 aliphatic carbocycles. The average Bonchev–Trinajstić information content (AvgIpc) is 3.49. The Bertz CT molecular complexity index is 1360. The molecule has 0 aromatic carbocycles. The quantitative estimate of drug-likeness (QED) is 0.445. The maximum atomic E-state index is 13.9. The first kappa shape index (κ1) is 26.9. The molecule has 2 fully saturated rings. The van der Waals surface area contributed by atoms with Crippen LogP contribution in [0.5, 0.6) is 0 Å². The zero-order valence-electron chi connectivity index (χ0n) is 20.8. The Hall–Kier alpha value is -3.65. The molecule has 2 amide bonds.